The summed E-state index contributed by atoms with van der Waals surface area (Å²) in [6, 6.07) is 8.22. The van der Waals surface area contributed by atoms with Crippen molar-refractivity contribution < 1.29 is 4.79 Å². The van der Waals surface area contributed by atoms with Crippen molar-refractivity contribution in [3.05, 3.63) is 47.4 Å². The molecule has 132 valence electrons. The van der Waals surface area contributed by atoms with E-state index >= 15 is 0 Å². The number of rotatable bonds is 4. The van der Waals surface area contributed by atoms with Crippen LogP contribution in [0.4, 0.5) is 11.5 Å². The van der Waals surface area contributed by atoms with Crippen LogP contribution in [-0.2, 0) is 0 Å². The molecule has 3 rings (SSSR count). The highest BCUT2D eigenvalue weighted by atomic mass is 16.1. The van der Waals surface area contributed by atoms with Gasteiger partial charge in [-0.25, -0.2) is 9.97 Å². The molecule has 5 nitrogen and oxygen atoms in total. The Morgan fingerprint density at radius 1 is 1.20 bits per heavy atom. The van der Waals surface area contributed by atoms with Gasteiger partial charge in [-0.1, -0.05) is 13.0 Å². The van der Waals surface area contributed by atoms with Crippen LogP contribution in [0.1, 0.15) is 54.2 Å². The Morgan fingerprint density at radius 2 is 2.04 bits per heavy atom. The maximum Gasteiger partial charge on any atom is 0.274 e. The molecule has 1 aliphatic rings. The Hall–Kier alpha value is -2.43. The molecule has 0 radical (unpaired) electrons. The van der Waals surface area contributed by atoms with Crippen molar-refractivity contribution in [2.75, 3.05) is 16.8 Å². The van der Waals surface area contributed by atoms with Gasteiger partial charge in [-0.3, -0.25) is 4.79 Å². The summed E-state index contributed by atoms with van der Waals surface area (Å²) in [6.07, 6.45) is 6.20. The third kappa shape index (κ3) is 3.98. The fraction of sp³-hybridized carbons (Fsp3) is 0.450. The summed E-state index contributed by atoms with van der Waals surface area (Å²) in [7, 11) is 0. The molecule has 1 amide bonds. The zero-order valence-electron chi connectivity index (χ0n) is 15.2. The minimum Gasteiger partial charge on any atom is -0.354 e. The zero-order valence-corrected chi connectivity index (χ0v) is 15.2. The number of aryl methyl sites for hydroxylation is 2. The SMILES string of the molecule is CCC1CCCCN1c1cc(C(=O)Nc2ccc(C)c(C)c2)ncn1. The third-order valence-corrected chi connectivity index (χ3v) is 5.04. The second kappa shape index (κ2) is 7.64. The number of nitrogens with one attached hydrogen (secondary N) is 1. The number of hydrogen-bond donors (Lipinski definition) is 1. The Morgan fingerprint density at radius 3 is 2.80 bits per heavy atom. The molecule has 1 N–H and O–H groups in total. The average Bonchev–Trinajstić information content (AvgIpc) is 2.64. The van der Waals surface area contributed by atoms with E-state index in [0.717, 1.165) is 30.0 Å². The van der Waals surface area contributed by atoms with Gasteiger partial charge in [0.2, 0.25) is 0 Å². The van der Waals surface area contributed by atoms with Crippen LogP contribution in [-0.4, -0.2) is 28.5 Å². The molecule has 5 heteroatoms. The Balaban J connectivity index is 1.78. The summed E-state index contributed by atoms with van der Waals surface area (Å²) >= 11 is 0. The fourth-order valence-electron chi connectivity index (χ4n) is 3.37. The summed E-state index contributed by atoms with van der Waals surface area (Å²) < 4.78 is 0. The predicted molar refractivity (Wildman–Crippen MR) is 101 cm³/mol. The number of nitrogens with zero attached hydrogens (tertiary/aromatic N) is 3. The van der Waals surface area contributed by atoms with Gasteiger partial charge < -0.3 is 10.2 Å². The number of carbonyl (C=O) groups excluding carboxylic acids is 1. The van der Waals surface area contributed by atoms with Crippen molar-refractivity contribution in [3.63, 3.8) is 0 Å². The van der Waals surface area contributed by atoms with Crippen LogP contribution in [0.25, 0.3) is 0 Å². The van der Waals surface area contributed by atoms with Gasteiger partial charge in [-0.15, -0.1) is 0 Å². The van der Waals surface area contributed by atoms with E-state index in [2.05, 4.69) is 34.0 Å². The van der Waals surface area contributed by atoms with E-state index in [1.54, 1.807) is 0 Å². The van der Waals surface area contributed by atoms with E-state index in [1.807, 2.05) is 31.2 Å². The van der Waals surface area contributed by atoms with Crippen molar-refractivity contribution in [2.24, 2.45) is 0 Å². The smallest absolute Gasteiger partial charge is 0.274 e. The largest absolute Gasteiger partial charge is 0.354 e. The highest BCUT2D eigenvalue weighted by molar-refractivity contribution is 6.03. The van der Waals surface area contributed by atoms with Gasteiger partial charge in [0.1, 0.15) is 17.8 Å². The number of carbonyl (C=O) groups is 1. The van der Waals surface area contributed by atoms with Crippen LogP contribution in [0.5, 0.6) is 0 Å². The molecule has 0 saturated carbocycles. The zero-order chi connectivity index (χ0) is 17.8. The van der Waals surface area contributed by atoms with Crippen LogP contribution in [0.2, 0.25) is 0 Å². The van der Waals surface area contributed by atoms with E-state index < -0.39 is 0 Å². The molecule has 0 aliphatic carbocycles. The first-order valence-corrected chi connectivity index (χ1v) is 9.05. The first kappa shape index (κ1) is 17.4. The van der Waals surface area contributed by atoms with E-state index in [9.17, 15) is 4.79 Å². The van der Waals surface area contributed by atoms with Gasteiger partial charge in [-0.05, 0) is 62.8 Å². The van der Waals surface area contributed by atoms with Gasteiger partial charge in [0, 0.05) is 24.3 Å². The number of piperidine rings is 1. The van der Waals surface area contributed by atoms with Crippen LogP contribution >= 0.6 is 0 Å². The lowest BCUT2D eigenvalue weighted by molar-refractivity contribution is 0.102. The van der Waals surface area contributed by atoms with Crippen molar-refractivity contribution in [2.45, 2.75) is 52.5 Å². The van der Waals surface area contributed by atoms with Crippen molar-refractivity contribution in [1.82, 2.24) is 9.97 Å². The number of anilines is 2. The Kier molecular flexibility index (Phi) is 5.31. The molecule has 0 bridgehead atoms. The van der Waals surface area contributed by atoms with E-state index in [4.69, 9.17) is 0 Å². The molecule has 1 fully saturated rings. The van der Waals surface area contributed by atoms with Crippen molar-refractivity contribution in [1.29, 1.82) is 0 Å². The molecule has 1 aliphatic heterocycles. The number of hydrogen-bond acceptors (Lipinski definition) is 4. The molecule has 2 heterocycles. The van der Waals surface area contributed by atoms with Crippen molar-refractivity contribution >= 4 is 17.4 Å². The first-order valence-electron chi connectivity index (χ1n) is 9.05. The number of aromatic nitrogens is 2. The van der Waals surface area contributed by atoms with Crippen LogP contribution in [0.3, 0.4) is 0 Å². The maximum atomic E-state index is 12.6. The average molecular weight is 338 g/mol. The Labute approximate surface area is 149 Å². The highest BCUT2D eigenvalue weighted by Gasteiger charge is 2.23. The van der Waals surface area contributed by atoms with Crippen molar-refractivity contribution in [3.8, 4) is 0 Å². The van der Waals surface area contributed by atoms with Gasteiger partial charge >= 0.3 is 0 Å². The lowest BCUT2D eigenvalue weighted by atomic mass is 10.00. The summed E-state index contributed by atoms with van der Waals surface area (Å²) in [6.45, 7) is 7.29. The molecular weight excluding hydrogens is 312 g/mol. The number of benzene rings is 1. The van der Waals surface area contributed by atoms with E-state index in [-0.39, 0.29) is 5.91 Å². The first-order chi connectivity index (χ1) is 12.1. The van der Waals surface area contributed by atoms with E-state index in [1.165, 1.54) is 31.2 Å². The second-order valence-corrected chi connectivity index (χ2v) is 6.77. The molecule has 2 aromatic rings. The molecule has 25 heavy (non-hydrogen) atoms. The molecular formula is C20H26N4O. The second-order valence-electron chi connectivity index (χ2n) is 6.77. The monoisotopic (exact) mass is 338 g/mol. The minimum absolute atomic E-state index is 0.197. The topological polar surface area (TPSA) is 58.1 Å². The van der Waals surface area contributed by atoms with Gasteiger partial charge in [0.05, 0.1) is 0 Å². The third-order valence-electron chi connectivity index (χ3n) is 5.04. The lowest BCUT2D eigenvalue weighted by Crippen LogP contribution is -2.39. The summed E-state index contributed by atoms with van der Waals surface area (Å²) in [5, 5.41) is 2.93. The normalized spacial score (nSPS) is 17.4. The Bertz CT molecular complexity index is 759. The van der Waals surface area contributed by atoms with Gasteiger partial charge in [0.25, 0.3) is 5.91 Å². The highest BCUT2D eigenvalue weighted by Crippen LogP contribution is 2.25. The predicted octanol–water partition coefficient (Wildman–Crippen LogP) is 4.11. The van der Waals surface area contributed by atoms with Gasteiger partial charge in [-0.2, -0.15) is 0 Å². The summed E-state index contributed by atoms with van der Waals surface area (Å²) in [5.41, 5.74) is 3.56. The lowest BCUT2D eigenvalue weighted by Gasteiger charge is -2.36. The van der Waals surface area contributed by atoms with Crippen LogP contribution < -0.4 is 10.2 Å². The van der Waals surface area contributed by atoms with Crippen LogP contribution in [0, 0.1) is 13.8 Å². The molecule has 1 unspecified atom stereocenters. The van der Waals surface area contributed by atoms with Crippen LogP contribution in [0.15, 0.2) is 30.6 Å². The fourth-order valence-corrected chi connectivity index (χ4v) is 3.37. The summed E-state index contributed by atoms with van der Waals surface area (Å²) in [4.78, 5) is 23.5. The molecule has 0 spiro atoms. The standard InChI is InChI=1S/C20H26N4O/c1-4-17-7-5-6-10-24(17)19-12-18(21-13-22-19)20(25)23-16-9-8-14(2)15(3)11-16/h8-9,11-13,17H,4-7,10H2,1-3H3,(H,23,25). The molecule has 1 atom stereocenters. The van der Waals surface area contributed by atoms with E-state index in [0.29, 0.717) is 11.7 Å². The maximum absolute atomic E-state index is 12.6. The summed E-state index contributed by atoms with van der Waals surface area (Å²) in [5.74, 6) is 0.656. The minimum atomic E-state index is -0.197. The number of amides is 1. The molecule has 1 aromatic carbocycles. The molecule has 1 saturated heterocycles. The quantitative estimate of drug-likeness (QED) is 0.911. The van der Waals surface area contributed by atoms with Gasteiger partial charge in [0.15, 0.2) is 0 Å². The molecule has 1 aromatic heterocycles.